The van der Waals surface area contributed by atoms with Crippen molar-refractivity contribution in [2.75, 3.05) is 26.4 Å². The molecule has 0 aliphatic carbocycles. The number of aliphatic hydroxyl groups is 14. The molecule has 5 fully saturated rings. The zero-order chi connectivity index (χ0) is 45.2. The Morgan fingerprint density at radius 3 is 1.38 bits per heavy atom. The van der Waals surface area contributed by atoms with E-state index in [1.807, 2.05) is 0 Å². The topological polar surface area (TPSA) is 424 Å². The first-order valence-electron chi connectivity index (χ1n) is 19.4. The molecule has 27 nitrogen and oxygen atoms in total. The first-order valence-corrected chi connectivity index (χ1v) is 19.4. The zero-order valence-electron chi connectivity index (χ0n) is 33.0. The Labute approximate surface area is 346 Å². The molecular formula is C34H58N2O25. The predicted octanol–water partition coefficient (Wildman–Crippen LogP) is -10.6. The maximum atomic E-state index is 12.7. The lowest BCUT2D eigenvalue weighted by Gasteiger charge is -2.50. The quantitative estimate of drug-likeness (QED) is 0.0770. The van der Waals surface area contributed by atoms with Crippen molar-refractivity contribution in [3.05, 3.63) is 0 Å². The summed E-state index contributed by atoms with van der Waals surface area (Å²) in [6, 6.07) is -3.20. The van der Waals surface area contributed by atoms with Crippen LogP contribution in [0.5, 0.6) is 0 Å². The predicted molar refractivity (Wildman–Crippen MR) is 188 cm³/mol. The minimum absolute atomic E-state index is 0.740. The molecular weight excluding hydrogens is 836 g/mol. The van der Waals surface area contributed by atoms with Gasteiger partial charge >= 0.3 is 0 Å². The van der Waals surface area contributed by atoms with Gasteiger partial charge in [-0.1, -0.05) is 0 Å². The van der Waals surface area contributed by atoms with Crippen LogP contribution in [-0.4, -0.2) is 263 Å². The van der Waals surface area contributed by atoms with Crippen molar-refractivity contribution >= 4 is 11.8 Å². The van der Waals surface area contributed by atoms with Crippen LogP contribution < -0.4 is 10.6 Å². The van der Waals surface area contributed by atoms with Crippen molar-refractivity contribution in [3.8, 4) is 0 Å². The van der Waals surface area contributed by atoms with E-state index in [9.17, 15) is 81.1 Å². The summed E-state index contributed by atoms with van der Waals surface area (Å²) < 4.78 is 51.8. The van der Waals surface area contributed by atoms with Gasteiger partial charge in [0, 0.05) is 13.8 Å². The molecule has 354 valence electrons. The molecule has 5 heterocycles. The first kappa shape index (κ1) is 50.0. The molecule has 0 radical (unpaired) electrons. The van der Waals surface area contributed by atoms with Gasteiger partial charge in [0.2, 0.25) is 11.8 Å². The molecule has 0 spiro atoms. The van der Waals surface area contributed by atoms with Crippen molar-refractivity contribution in [1.82, 2.24) is 10.6 Å². The normalized spacial score (nSPS) is 49.6. The second-order valence-electron chi connectivity index (χ2n) is 15.4. The van der Waals surface area contributed by atoms with Crippen LogP contribution in [-0.2, 0) is 52.2 Å². The number of hydrogen-bond acceptors (Lipinski definition) is 25. The second kappa shape index (κ2) is 21.3. The summed E-state index contributed by atoms with van der Waals surface area (Å²) in [6.45, 7) is -0.000395. The summed E-state index contributed by atoms with van der Waals surface area (Å²) in [4.78, 5) is 24.8. The number of hydrogen-bond donors (Lipinski definition) is 16. The summed E-state index contributed by atoms with van der Waals surface area (Å²) in [7, 11) is 0. The maximum absolute atomic E-state index is 12.7. The van der Waals surface area contributed by atoms with E-state index in [1.165, 1.54) is 6.92 Å². The first-order chi connectivity index (χ1) is 28.7. The molecule has 25 atom stereocenters. The van der Waals surface area contributed by atoms with Crippen molar-refractivity contribution in [2.45, 2.75) is 174 Å². The van der Waals surface area contributed by atoms with Gasteiger partial charge in [0.1, 0.15) is 116 Å². The Balaban J connectivity index is 1.44. The third-order valence-electron chi connectivity index (χ3n) is 11.1. The smallest absolute Gasteiger partial charge is 0.217 e. The van der Waals surface area contributed by atoms with Gasteiger partial charge in [0.15, 0.2) is 31.5 Å². The Hall–Kier alpha value is -1.98. The maximum Gasteiger partial charge on any atom is 0.217 e. The highest BCUT2D eigenvalue weighted by molar-refractivity contribution is 5.73. The molecule has 0 aromatic heterocycles. The molecule has 27 heteroatoms. The molecule has 0 aromatic rings. The van der Waals surface area contributed by atoms with Crippen molar-refractivity contribution in [2.24, 2.45) is 0 Å². The zero-order valence-corrected chi connectivity index (χ0v) is 33.0. The summed E-state index contributed by atoms with van der Waals surface area (Å²) in [5.41, 5.74) is 0. The molecule has 2 amide bonds. The summed E-state index contributed by atoms with van der Waals surface area (Å²) in [6.07, 6.45) is -40.6. The number of aliphatic hydroxyl groups excluding tert-OH is 14. The molecule has 5 saturated heterocycles. The van der Waals surface area contributed by atoms with Gasteiger partial charge in [-0.3, -0.25) is 9.59 Å². The van der Waals surface area contributed by atoms with Gasteiger partial charge in [-0.15, -0.1) is 0 Å². The SMILES string of the molecule is CC(=O)N[C@@H]1[C@@H](O[C@@H]2O[C@H](CO)[C@H](O)[C@H](O)[C@H]2O)[C@@H](O)[C@@H](CO[C@@H]2O[C@H](CO)[C@@H](O[C@@H]3O[C@H](CO)[C@H](O)[C@H](O)[C@H]3O)[C@H](O[C@@H]3O[C@@H](C)[C@@H](O)[C@@H](O)[C@@H]3O)[C@H]2NC(C)=O)O[C@H]1O. The number of ether oxygens (including phenoxy) is 9. The molecule has 0 aromatic carbocycles. The van der Waals surface area contributed by atoms with E-state index in [4.69, 9.17) is 42.6 Å². The average Bonchev–Trinajstić information content (AvgIpc) is 3.22. The Morgan fingerprint density at radius 1 is 0.459 bits per heavy atom. The van der Waals surface area contributed by atoms with Crippen molar-refractivity contribution < 1.29 is 124 Å². The second-order valence-corrected chi connectivity index (χ2v) is 15.4. The number of carbonyl (C=O) groups is 2. The number of nitrogens with one attached hydrogen (secondary N) is 2. The Morgan fingerprint density at radius 2 is 0.885 bits per heavy atom. The minimum Gasteiger partial charge on any atom is -0.394 e. The van der Waals surface area contributed by atoms with Crippen LogP contribution in [0, 0.1) is 0 Å². The van der Waals surface area contributed by atoms with Crippen LogP contribution in [0.4, 0.5) is 0 Å². The van der Waals surface area contributed by atoms with Crippen LogP contribution in [0.3, 0.4) is 0 Å². The lowest BCUT2D eigenvalue weighted by molar-refractivity contribution is -0.376. The highest BCUT2D eigenvalue weighted by Gasteiger charge is 2.56. The van der Waals surface area contributed by atoms with E-state index in [0.29, 0.717) is 0 Å². The third kappa shape index (κ3) is 10.9. The van der Waals surface area contributed by atoms with Crippen LogP contribution in [0.25, 0.3) is 0 Å². The van der Waals surface area contributed by atoms with Crippen LogP contribution in [0.2, 0.25) is 0 Å². The van der Waals surface area contributed by atoms with Gasteiger partial charge in [0.05, 0.1) is 32.5 Å². The lowest BCUT2D eigenvalue weighted by Crippen LogP contribution is -2.70. The third-order valence-corrected chi connectivity index (χ3v) is 11.1. The van der Waals surface area contributed by atoms with E-state index in [-0.39, 0.29) is 0 Å². The molecule has 5 aliphatic heterocycles. The van der Waals surface area contributed by atoms with Crippen molar-refractivity contribution in [3.63, 3.8) is 0 Å². The molecule has 5 aliphatic rings. The van der Waals surface area contributed by atoms with E-state index in [0.717, 1.165) is 13.8 Å². The lowest BCUT2D eigenvalue weighted by atomic mass is 9.94. The average molecular weight is 895 g/mol. The van der Waals surface area contributed by atoms with E-state index in [1.54, 1.807) is 0 Å². The van der Waals surface area contributed by atoms with E-state index < -0.39 is 192 Å². The Bertz CT molecular complexity index is 1420. The summed E-state index contributed by atoms with van der Waals surface area (Å²) in [5.74, 6) is -1.52. The molecule has 16 N–H and O–H groups in total. The van der Waals surface area contributed by atoms with Gasteiger partial charge in [-0.2, -0.15) is 0 Å². The monoisotopic (exact) mass is 894 g/mol. The fourth-order valence-corrected chi connectivity index (χ4v) is 7.67. The fourth-order valence-electron chi connectivity index (χ4n) is 7.67. The molecule has 5 rings (SSSR count). The summed E-state index contributed by atoms with van der Waals surface area (Å²) in [5, 5.41) is 152. The van der Waals surface area contributed by atoms with Gasteiger partial charge in [-0.25, -0.2) is 0 Å². The number of carbonyl (C=O) groups excluding carboxylic acids is 2. The van der Waals surface area contributed by atoms with Gasteiger partial charge in [0.25, 0.3) is 0 Å². The number of rotatable bonds is 14. The fraction of sp³-hybridized carbons (Fsp3) is 0.941. The largest absolute Gasteiger partial charge is 0.394 e. The summed E-state index contributed by atoms with van der Waals surface area (Å²) >= 11 is 0. The molecule has 0 bridgehead atoms. The van der Waals surface area contributed by atoms with Crippen LogP contribution in [0.15, 0.2) is 0 Å². The van der Waals surface area contributed by atoms with Crippen LogP contribution in [0.1, 0.15) is 20.8 Å². The van der Waals surface area contributed by atoms with Crippen molar-refractivity contribution in [1.29, 1.82) is 0 Å². The minimum atomic E-state index is -2.00. The molecule has 0 saturated carbocycles. The standard InChI is InChI=1S/C34H58N2O25/c1-8-17(42)21(46)24(49)32(54-8)61-29-16(36-10(3)41)31(58-13(6-39)27(29)59-33-25(50)22(47)18(43)11(4-37)56-33)53-7-14-20(45)28(15(30(52)55-14)35-9(2)40)60-34-26(51)23(48)19(44)12(5-38)57-34/h8,11-34,37-39,42-52H,4-7H2,1-3H3,(H,35,40)(H,36,41)/t8-,11+,12+,13+,14+,15+,16+,17+,18-,19-,20-,21+,22-,23-,24-,25+,26+,27+,28+,29+,30+,31+,32-,33-,34-/m0/s1. The highest BCUT2D eigenvalue weighted by Crippen LogP contribution is 2.35. The highest BCUT2D eigenvalue weighted by atomic mass is 16.8. The van der Waals surface area contributed by atoms with Gasteiger partial charge in [-0.05, 0) is 6.92 Å². The molecule has 0 unspecified atom stereocenters. The number of amides is 2. The van der Waals surface area contributed by atoms with Gasteiger partial charge < -0.3 is 125 Å². The van der Waals surface area contributed by atoms with Crippen LogP contribution >= 0.6 is 0 Å². The Kier molecular flexibility index (Phi) is 17.5. The molecule has 61 heavy (non-hydrogen) atoms. The van der Waals surface area contributed by atoms with E-state index >= 15 is 0 Å². The van der Waals surface area contributed by atoms with E-state index in [2.05, 4.69) is 10.6 Å².